The molecule has 5 nitrogen and oxygen atoms in total. The maximum atomic E-state index is 12.6. The topological polar surface area (TPSA) is 64.0 Å². The number of hydrogen-bond donors (Lipinski definition) is 1. The van der Waals surface area contributed by atoms with E-state index in [1.54, 1.807) is 6.07 Å². The maximum Gasteiger partial charge on any atom is 0.261 e. The summed E-state index contributed by atoms with van der Waals surface area (Å²) in [5, 5.41) is 3.67. The summed E-state index contributed by atoms with van der Waals surface area (Å²) in [6.45, 7) is 6.38. The van der Waals surface area contributed by atoms with Gasteiger partial charge in [0.1, 0.15) is 6.54 Å². The highest BCUT2D eigenvalue weighted by molar-refractivity contribution is 5.81. The summed E-state index contributed by atoms with van der Waals surface area (Å²) in [6.07, 6.45) is 4.86. The molecule has 0 aliphatic heterocycles. The minimum Gasteiger partial charge on any atom is -0.352 e. The summed E-state index contributed by atoms with van der Waals surface area (Å²) in [7, 11) is 0. The average molecular weight is 327 g/mol. The van der Waals surface area contributed by atoms with Crippen LogP contribution >= 0.6 is 0 Å². The summed E-state index contributed by atoms with van der Waals surface area (Å²) < 4.78 is 1.40. The fraction of sp³-hybridized carbons (Fsp3) is 0.526. The number of hydrogen-bond acceptors (Lipinski definition) is 3. The van der Waals surface area contributed by atoms with Gasteiger partial charge in [-0.2, -0.15) is 0 Å². The first-order valence-electron chi connectivity index (χ1n) is 8.71. The van der Waals surface area contributed by atoms with E-state index in [0.717, 1.165) is 18.4 Å². The molecule has 0 saturated heterocycles. The van der Waals surface area contributed by atoms with Crippen molar-refractivity contribution < 1.29 is 4.79 Å². The van der Waals surface area contributed by atoms with Gasteiger partial charge in [0.15, 0.2) is 0 Å². The Balaban J connectivity index is 1.76. The van der Waals surface area contributed by atoms with Crippen LogP contribution < -0.4 is 10.9 Å². The molecule has 3 rings (SSSR count). The molecule has 1 amide bonds. The fourth-order valence-electron chi connectivity index (χ4n) is 3.64. The molecule has 1 heterocycles. The van der Waals surface area contributed by atoms with Gasteiger partial charge < -0.3 is 5.32 Å². The summed E-state index contributed by atoms with van der Waals surface area (Å²) in [5.74, 6) is 0.978. The molecule has 1 saturated carbocycles. The molecule has 2 aromatic rings. The van der Waals surface area contributed by atoms with Crippen molar-refractivity contribution in [1.82, 2.24) is 14.9 Å². The first-order valence-corrected chi connectivity index (χ1v) is 8.71. The molecule has 0 bridgehead atoms. The molecule has 24 heavy (non-hydrogen) atoms. The van der Waals surface area contributed by atoms with E-state index >= 15 is 0 Å². The highest BCUT2D eigenvalue weighted by Gasteiger charge is 2.28. The Labute approximate surface area is 142 Å². The van der Waals surface area contributed by atoms with Crippen molar-refractivity contribution in [2.45, 2.75) is 52.6 Å². The lowest BCUT2D eigenvalue weighted by molar-refractivity contribution is -0.123. The number of para-hydroxylation sites is 1. The number of nitrogens with one attached hydrogen (secondary N) is 1. The third-order valence-electron chi connectivity index (χ3n) is 5.42. The van der Waals surface area contributed by atoms with Crippen LogP contribution in [0.15, 0.2) is 29.3 Å². The second-order valence-electron chi connectivity index (χ2n) is 7.09. The molecule has 0 spiro atoms. The average Bonchev–Trinajstić information content (AvgIpc) is 2.55. The number of aromatic nitrogens is 2. The number of carbonyl (C=O) groups excluding carboxylic acids is 1. The number of amides is 1. The molecule has 128 valence electrons. The second kappa shape index (κ2) is 6.75. The number of benzene rings is 1. The highest BCUT2D eigenvalue weighted by Crippen LogP contribution is 2.29. The molecule has 1 N–H and O–H groups in total. The van der Waals surface area contributed by atoms with Crippen LogP contribution in [0.2, 0.25) is 0 Å². The minimum absolute atomic E-state index is 0.0211. The smallest absolute Gasteiger partial charge is 0.261 e. The van der Waals surface area contributed by atoms with Crippen molar-refractivity contribution >= 4 is 16.8 Å². The van der Waals surface area contributed by atoms with E-state index < -0.39 is 0 Å². The molecule has 1 aliphatic carbocycles. The molecule has 0 radical (unpaired) electrons. The van der Waals surface area contributed by atoms with Gasteiger partial charge in [-0.15, -0.1) is 0 Å². The van der Waals surface area contributed by atoms with Crippen LogP contribution in [0.5, 0.6) is 0 Å². The van der Waals surface area contributed by atoms with Crippen molar-refractivity contribution in [1.29, 1.82) is 0 Å². The largest absolute Gasteiger partial charge is 0.352 e. The van der Waals surface area contributed by atoms with Gasteiger partial charge in [0.2, 0.25) is 5.91 Å². The lowest BCUT2D eigenvalue weighted by atomic mass is 9.78. The number of fused-ring (bicyclic) bond motifs is 1. The number of carbonyl (C=O) groups is 1. The minimum atomic E-state index is -0.163. The Morgan fingerprint density at radius 2 is 2.12 bits per heavy atom. The Morgan fingerprint density at radius 1 is 1.33 bits per heavy atom. The Bertz CT molecular complexity index is 812. The highest BCUT2D eigenvalue weighted by atomic mass is 16.2. The molecule has 1 aromatic carbocycles. The SMILES string of the molecule is Cc1cccc2c(=O)n(CC(=O)NC3CCCC(C)C3C)cnc12. The third-order valence-corrected chi connectivity index (χ3v) is 5.42. The summed E-state index contributed by atoms with van der Waals surface area (Å²) >= 11 is 0. The van der Waals surface area contributed by atoms with Crippen molar-refractivity contribution in [3.8, 4) is 0 Å². The molecular formula is C19H25N3O2. The molecule has 1 aromatic heterocycles. The molecule has 1 fully saturated rings. The summed E-state index contributed by atoms with van der Waals surface area (Å²) in [6, 6.07) is 5.73. The zero-order chi connectivity index (χ0) is 17.3. The van der Waals surface area contributed by atoms with E-state index in [0.29, 0.717) is 22.7 Å². The van der Waals surface area contributed by atoms with Crippen LogP contribution in [0.3, 0.4) is 0 Å². The summed E-state index contributed by atoms with van der Waals surface area (Å²) in [5.41, 5.74) is 1.50. The zero-order valence-electron chi connectivity index (χ0n) is 14.6. The van der Waals surface area contributed by atoms with Crippen molar-refractivity contribution in [3.63, 3.8) is 0 Å². The fourth-order valence-corrected chi connectivity index (χ4v) is 3.64. The van der Waals surface area contributed by atoms with Crippen molar-refractivity contribution in [2.24, 2.45) is 11.8 Å². The van der Waals surface area contributed by atoms with Gasteiger partial charge in [0, 0.05) is 6.04 Å². The Morgan fingerprint density at radius 3 is 2.92 bits per heavy atom. The van der Waals surface area contributed by atoms with Crippen LogP contribution in [0.25, 0.3) is 10.9 Å². The van der Waals surface area contributed by atoms with Crippen LogP contribution in [-0.2, 0) is 11.3 Å². The van der Waals surface area contributed by atoms with Crippen LogP contribution in [-0.4, -0.2) is 21.5 Å². The predicted octanol–water partition coefficient (Wildman–Crippen LogP) is 2.65. The van der Waals surface area contributed by atoms with Crippen LogP contribution in [0.4, 0.5) is 0 Å². The molecule has 3 unspecified atom stereocenters. The third kappa shape index (κ3) is 3.21. The van der Waals surface area contributed by atoms with Crippen molar-refractivity contribution in [3.05, 3.63) is 40.4 Å². The van der Waals surface area contributed by atoms with Gasteiger partial charge >= 0.3 is 0 Å². The molecule has 1 aliphatic rings. The van der Waals surface area contributed by atoms with Gasteiger partial charge in [-0.3, -0.25) is 14.2 Å². The number of rotatable bonds is 3. The van der Waals surface area contributed by atoms with Gasteiger partial charge in [0.25, 0.3) is 5.56 Å². The lowest BCUT2D eigenvalue weighted by Crippen LogP contribution is -2.45. The molecular weight excluding hydrogens is 302 g/mol. The number of aryl methyl sites for hydroxylation is 1. The van der Waals surface area contributed by atoms with E-state index in [9.17, 15) is 9.59 Å². The Kier molecular flexibility index (Phi) is 4.69. The van der Waals surface area contributed by atoms with Gasteiger partial charge in [-0.05, 0) is 36.8 Å². The van der Waals surface area contributed by atoms with Gasteiger partial charge in [-0.1, -0.05) is 38.8 Å². The molecule has 3 atom stereocenters. The van der Waals surface area contributed by atoms with E-state index in [-0.39, 0.29) is 24.1 Å². The van der Waals surface area contributed by atoms with E-state index in [2.05, 4.69) is 24.1 Å². The predicted molar refractivity (Wildman–Crippen MR) is 94.8 cm³/mol. The normalized spacial score (nSPS) is 24.0. The van der Waals surface area contributed by atoms with E-state index in [4.69, 9.17) is 0 Å². The standard InChI is InChI=1S/C19H25N3O2/c1-12-6-5-9-16(14(12)3)21-17(23)10-22-11-20-18-13(2)7-4-8-15(18)19(22)24/h4,7-8,11-12,14,16H,5-6,9-10H2,1-3H3,(H,21,23). The van der Waals surface area contributed by atoms with E-state index in [1.807, 2.05) is 19.1 Å². The van der Waals surface area contributed by atoms with E-state index in [1.165, 1.54) is 17.3 Å². The number of nitrogens with zero attached hydrogens (tertiary/aromatic N) is 2. The quantitative estimate of drug-likeness (QED) is 0.942. The van der Waals surface area contributed by atoms with Gasteiger partial charge in [0.05, 0.1) is 17.2 Å². The monoisotopic (exact) mass is 327 g/mol. The van der Waals surface area contributed by atoms with Crippen LogP contribution in [0.1, 0.15) is 38.7 Å². The van der Waals surface area contributed by atoms with Crippen LogP contribution in [0, 0.1) is 18.8 Å². The lowest BCUT2D eigenvalue weighted by Gasteiger charge is -2.34. The second-order valence-corrected chi connectivity index (χ2v) is 7.09. The first-order chi connectivity index (χ1) is 11.5. The van der Waals surface area contributed by atoms with Gasteiger partial charge in [-0.25, -0.2) is 4.98 Å². The first kappa shape index (κ1) is 16.7. The maximum absolute atomic E-state index is 12.6. The summed E-state index contributed by atoms with van der Waals surface area (Å²) in [4.78, 5) is 29.3. The Hall–Kier alpha value is -2.17. The molecule has 5 heteroatoms. The van der Waals surface area contributed by atoms with Crippen molar-refractivity contribution in [2.75, 3.05) is 0 Å². The zero-order valence-corrected chi connectivity index (χ0v) is 14.6.